The summed E-state index contributed by atoms with van der Waals surface area (Å²) < 4.78 is 1.90. The molecule has 7 nitrogen and oxygen atoms in total. The van der Waals surface area contributed by atoms with E-state index in [0.29, 0.717) is 11.4 Å². The molecule has 0 aliphatic carbocycles. The fourth-order valence-corrected chi connectivity index (χ4v) is 5.12. The van der Waals surface area contributed by atoms with Gasteiger partial charge in [-0.15, -0.1) is 5.10 Å². The van der Waals surface area contributed by atoms with Gasteiger partial charge in [-0.1, -0.05) is 31.2 Å². The molecule has 1 aliphatic heterocycles. The molecule has 1 atom stereocenters. The molecular formula is C27H32N6O. The molecule has 2 aromatic heterocycles. The maximum atomic E-state index is 13.6. The van der Waals surface area contributed by atoms with Crippen molar-refractivity contribution >= 4 is 16.6 Å². The highest BCUT2D eigenvalue weighted by Crippen LogP contribution is 2.38. The van der Waals surface area contributed by atoms with E-state index in [2.05, 4.69) is 83.4 Å². The van der Waals surface area contributed by atoms with Gasteiger partial charge in [-0.05, 0) is 92.3 Å². The summed E-state index contributed by atoms with van der Waals surface area (Å²) in [5, 5.41) is 14.0. The van der Waals surface area contributed by atoms with E-state index < -0.39 is 6.04 Å². The molecule has 0 saturated heterocycles. The number of nitrogens with one attached hydrogen (secondary N) is 1. The van der Waals surface area contributed by atoms with E-state index >= 15 is 0 Å². The average molecular weight is 457 g/mol. The molecule has 0 amide bonds. The molecule has 176 valence electrons. The van der Waals surface area contributed by atoms with Crippen molar-refractivity contribution in [2.45, 2.75) is 65.5 Å². The molecular weight excluding hydrogens is 424 g/mol. The Morgan fingerprint density at radius 1 is 1.15 bits per heavy atom. The Kier molecular flexibility index (Phi) is 5.50. The monoisotopic (exact) mass is 456 g/mol. The first-order chi connectivity index (χ1) is 16.3. The lowest BCUT2D eigenvalue weighted by atomic mass is 9.94. The number of aromatic nitrogens is 5. The van der Waals surface area contributed by atoms with Crippen molar-refractivity contribution in [3.63, 3.8) is 0 Å². The third-order valence-corrected chi connectivity index (χ3v) is 7.27. The van der Waals surface area contributed by atoms with Gasteiger partial charge in [0.25, 0.3) is 5.56 Å². The number of tetrazole rings is 1. The minimum absolute atomic E-state index is 0.102. The molecule has 0 bridgehead atoms. The van der Waals surface area contributed by atoms with Gasteiger partial charge in [0.1, 0.15) is 6.04 Å². The number of aromatic amines is 1. The number of H-pyrrole nitrogens is 1. The molecule has 3 heterocycles. The fourth-order valence-electron chi connectivity index (χ4n) is 5.12. The van der Waals surface area contributed by atoms with Crippen LogP contribution in [0.25, 0.3) is 10.9 Å². The Hall–Kier alpha value is -3.48. The van der Waals surface area contributed by atoms with Crippen molar-refractivity contribution in [1.82, 2.24) is 25.2 Å². The number of aryl methyl sites for hydroxylation is 3. The highest BCUT2D eigenvalue weighted by molar-refractivity contribution is 5.83. The van der Waals surface area contributed by atoms with Crippen LogP contribution >= 0.6 is 0 Å². The van der Waals surface area contributed by atoms with Crippen LogP contribution in [0.1, 0.15) is 67.7 Å². The summed E-state index contributed by atoms with van der Waals surface area (Å²) in [5.41, 5.74) is 5.83. The number of hydrogen-bond donors (Lipinski definition) is 1. The molecule has 34 heavy (non-hydrogen) atoms. The summed E-state index contributed by atoms with van der Waals surface area (Å²) in [6.07, 6.45) is 2.90. The molecule has 7 heteroatoms. The molecule has 1 aliphatic rings. The minimum Gasteiger partial charge on any atom is -0.357 e. The van der Waals surface area contributed by atoms with Crippen LogP contribution < -0.4 is 10.5 Å². The summed E-state index contributed by atoms with van der Waals surface area (Å²) in [7, 11) is 0. The van der Waals surface area contributed by atoms with Gasteiger partial charge in [-0.25, -0.2) is 4.68 Å². The normalized spacial score (nSPS) is 14.9. The van der Waals surface area contributed by atoms with Crippen LogP contribution in [0.3, 0.4) is 0 Å². The van der Waals surface area contributed by atoms with Crippen LogP contribution in [-0.2, 0) is 12.0 Å². The first-order valence-corrected chi connectivity index (χ1v) is 12.1. The van der Waals surface area contributed by atoms with Crippen molar-refractivity contribution < 1.29 is 0 Å². The second-order valence-electron chi connectivity index (χ2n) is 10.0. The predicted molar refractivity (Wildman–Crippen MR) is 135 cm³/mol. The van der Waals surface area contributed by atoms with Gasteiger partial charge >= 0.3 is 0 Å². The van der Waals surface area contributed by atoms with E-state index in [0.717, 1.165) is 53.5 Å². The lowest BCUT2D eigenvalue weighted by Gasteiger charge is -2.38. The first-order valence-electron chi connectivity index (χ1n) is 12.1. The largest absolute Gasteiger partial charge is 0.357 e. The third-order valence-electron chi connectivity index (χ3n) is 7.27. The summed E-state index contributed by atoms with van der Waals surface area (Å²) >= 11 is 0. The molecule has 5 rings (SSSR count). The van der Waals surface area contributed by atoms with Crippen molar-refractivity contribution in [2.24, 2.45) is 0 Å². The second kappa shape index (κ2) is 8.38. The van der Waals surface area contributed by atoms with Gasteiger partial charge in [-0.2, -0.15) is 0 Å². The van der Waals surface area contributed by atoms with Gasteiger partial charge in [0.2, 0.25) is 0 Å². The van der Waals surface area contributed by atoms with Crippen LogP contribution in [0.2, 0.25) is 0 Å². The molecule has 0 fully saturated rings. The maximum absolute atomic E-state index is 13.6. The topological polar surface area (TPSA) is 79.7 Å². The minimum atomic E-state index is -0.406. The van der Waals surface area contributed by atoms with Crippen molar-refractivity contribution in [3.05, 3.63) is 80.9 Å². The molecule has 0 radical (unpaired) electrons. The average Bonchev–Trinajstić information content (AvgIpc) is 3.30. The zero-order valence-corrected chi connectivity index (χ0v) is 20.6. The lowest BCUT2D eigenvalue weighted by molar-refractivity contribution is 0.287. The number of benzene rings is 2. The van der Waals surface area contributed by atoms with Gasteiger partial charge < -0.3 is 9.88 Å². The van der Waals surface area contributed by atoms with Crippen molar-refractivity contribution in [2.75, 3.05) is 11.4 Å². The molecule has 0 saturated carbocycles. The van der Waals surface area contributed by atoms with Crippen LogP contribution in [0.15, 0.2) is 47.3 Å². The van der Waals surface area contributed by atoms with Crippen LogP contribution in [0.4, 0.5) is 5.69 Å². The predicted octanol–water partition coefficient (Wildman–Crippen LogP) is 4.82. The van der Waals surface area contributed by atoms with Gasteiger partial charge in [-0.3, -0.25) is 4.79 Å². The Morgan fingerprint density at radius 2 is 1.94 bits per heavy atom. The summed E-state index contributed by atoms with van der Waals surface area (Å²) in [5.74, 6) is 0.693. The van der Waals surface area contributed by atoms with E-state index in [1.54, 1.807) is 0 Å². The highest BCUT2D eigenvalue weighted by atomic mass is 16.1. The summed E-state index contributed by atoms with van der Waals surface area (Å²) in [4.78, 5) is 19.1. The summed E-state index contributed by atoms with van der Waals surface area (Å²) in [6, 6.07) is 14.3. The number of fused-ring (bicyclic) bond motifs is 2. The van der Waals surface area contributed by atoms with Crippen molar-refractivity contribution in [1.29, 1.82) is 0 Å². The third kappa shape index (κ3) is 3.69. The number of anilines is 1. The van der Waals surface area contributed by atoms with Crippen LogP contribution in [0.5, 0.6) is 0 Å². The Morgan fingerprint density at radius 3 is 2.74 bits per heavy atom. The smallest absolute Gasteiger partial charge is 0.254 e. The van der Waals surface area contributed by atoms with Crippen LogP contribution in [-0.4, -0.2) is 31.7 Å². The maximum Gasteiger partial charge on any atom is 0.254 e. The molecule has 4 aromatic rings. The number of pyridine rings is 1. The number of hydrogen-bond acceptors (Lipinski definition) is 5. The van der Waals surface area contributed by atoms with E-state index in [9.17, 15) is 4.79 Å². The summed E-state index contributed by atoms with van der Waals surface area (Å²) in [6.45, 7) is 11.4. The lowest BCUT2D eigenvalue weighted by Crippen LogP contribution is -2.40. The standard InChI is InChI=1S/C27H32N6O/c1-6-27(4,5)33-25(29-30-31-33)24(32-13-9-11-19-10-7-8-12-23(19)32)21-16-20-18(3)14-17(2)15-22(20)28-26(21)34/h7-8,10,12,14-16,24H,6,9,11,13H2,1-5H3,(H,28,34)/t24-/m0/s1. The number of rotatable bonds is 5. The zero-order valence-electron chi connectivity index (χ0n) is 20.6. The number of para-hydroxylation sites is 1. The van der Waals surface area contributed by atoms with E-state index in [1.165, 1.54) is 5.56 Å². The van der Waals surface area contributed by atoms with Gasteiger partial charge in [0.05, 0.1) is 5.54 Å². The fraction of sp³-hybridized carbons (Fsp3) is 0.407. The molecule has 2 aromatic carbocycles. The van der Waals surface area contributed by atoms with E-state index in [-0.39, 0.29) is 11.1 Å². The van der Waals surface area contributed by atoms with Gasteiger partial charge in [0, 0.05) is 28.7 Å². The van der Waals surface area contributed by atoms with E-state index in [4.69, 9.17) is 0 Å². The van der Waals surface area contributed by atoms with Gasteiger partial charge in [0.15, 0.2) is 5.82 Å². The van der Waals surface area contributed by atoms with Crippen molar-refractivity contribution in [3.8, 4) is 0 Å². The quantitative estimate of drug-likeness (QED) is 0.466. The molecule has 0 spiro atoms. The highest BCUT2D eigenvalue weighted by Gasteiger charge is 2.36. The SMILES string of the molecule is CCC(C)(C)n1nnnc1[C@H](c1cc2c(C)cc(C)cc2[nH]c1=O)N1CCCc2ccccc21. The Labute approximate surface area is 199 Å². The van der Waals surface area contributed by atoms with Crippen LogP contribution in [0, 0.1) is 13.8 Å². The Bertz CT molecular complexity index is 1420. The molecule has 1 N–H and O–H groups in total. The second-order valence-corrected chi connectivity index (χ2v) is 10.0. The first kappa shape index (κ1) is 22.3. The Balaban J connectivity index is 1.79. The zero-order chi connectivity index (χ0) is 24.0. The molecule has 0 unspecified atom stereocenters. The van der Waals surface area contributed by atoms with E-state index in [1.807, 2.05) is 23.7 Å². The number of nitrogens with zero attached hydrogens (tertiary/aromatic N) is 5.